The second-order valence-corrected chi connectivity index (χ2v) is 6.65. The Hall–Kier alpha value is -1.80. The Kier molecular flexibility index (Phi) is 4.86. The van der Waals surface area contributed by atoms with E-state index < -0.39 is 17.8 Å². The number of carbonyl (C=O) groups excluding carboxylic acids is 1. The number of alkyl halides is 1. The zero-order chi connectivity index (χ0) is 17.4. The van der Waals surface area contributed by atoms with Crippen molar-refractivity contribution in [3.05, 3.63) is 22.7 Å². The van der Waals surface area contributed by atoms with Crippen LogP contribution in [0.4, 0.5) is 15.4 Å². The molecule has 2 aromatic rings. The van der Waals surface area contributed by atoms with Gasteiger partial charge >= 0.3 is 12.2 Å². The molecule has 1 N–H and O–H groups in total. The van der Waals surface area contributed by atoms with E-state index in [2.05, 4.69) is 21.1 Å². The highest BCUT2D eigenvalue weighted by Crippen LogP contribution is 2.32. The van der Waals surface area contributed by atoms with Crippen molar-refractivity contribution < 1.29 is 24.0 Å². The minimum absolute atomic E-state index is 0.190. The number of hydrogen-bond donors (Lipinski definition) is 1. The van der Waals surface area contributed by atoms with Gasteiger partial charge in [-0.2, -0.15) is 4.90 Å². The molecule has 0 saturated carbocycles. The predicted molar refractivity (Wildman–Crippen MR) is 88.4 cm³/mol. The first-order valence-corrected chi connectivity index (χ1v) is 8.04. The van der Waals surface area contributed by atoms with E-state index in [9.17, 15) is 14.7 Å². The predicted octanol–water partition coefficient (Wildman–Crippen LogP) is 4.80. The Morgan fingerprint density at radius 1 is 1.43 bits per heavy atom. The Morgan fingerprint density at radius 3 is 2.61 bits per heavy atom. The molecule has 23 heavy (non-hydrogen) atoms. The molecule has 1 heterocycles. The number of carbonyl (C=O) groups is 2. The van der Waals surface area contributed by atoms with E-state index in [1.165, 1.54) is 6.07 Å². The highest BCUT2D eigenvalue weighted by molar-refractivity contribution is 9.08. The lowest BCUT2D eigenvalue weighted by Crippen LogP contribution is -2.40. The molecule has 9 heteroatoms. The Labute approximate surface area is 145 Å². The van der Waals surface area contributed by atoms with Crippen LogP contribution < -0.4 is 4.90 Å². The number of aromatic nitrogens is 1. The summed E-state index contributed by atoms with van der Waals surface area (Å²) >= 11 is 9.41. The fourth-order valence-corrected chi connectivity index (χ4v) is 2.67. The monoisotopic (exact) mass is 404 g/mol. The van der Waals surface area contributed by atoms with Crippen molar-refractivity contribution in [3.8, 4) is 0 Å². The lowest BCUT2D eigenvalue weighted by molar-refractivity contribution is 0.0580. The molecule has 0 unspecified atom stereocenters. The molecule has 7 nitrogen and oxygen atoms in total. The average molecular weight is 406 g/mol. The largest absolute Gasteiger partial charge is 0.464 e. The lowest BCUT2D eigenvalue weighted by atomic mass is 10.2. The topological polar surface area (TPSA) is 92.9 Å². The first-order chi connectivity index (χ1) is 10.6. The van der Waals surface area contributed by atoms with E-state index in [1.54, 1.807) is 26.8 Å². The van der Waals surface area contributed by atoms with Gasteiger partial charge in [0, 0.05) is 10.4 Å². The molecule has 0 atom stereocenters. The second-order valence-electron chi connectivity index (χ2n) is 5.68. The van der Waals surface area contributed by atoms with Gasteiger partial charge in [-0.3, -0.25) is 0 Å². The van der Waals surface area contributed by atoms with E-state index in [1.807, 2.05) is 0 Å². The number of benzene rings is 1. The van der Waals surface area contributed by atoms with Gasteiger partial charge in [-0.05, 0) is 38.5 Å². The van der Waals surface area contributed by atoms with Crippen LogP contribution in [-0.2, 0) is 10.1 Å². The molecule has 124 valence electrons. The van der Waals surface area contributed by atoms with Crippen LogP contribution in [0.5, 0.6) is 0 Å². The number of nitrogens with zero attached hydrogens (tertiary/aromatic N) is 2. The second kappa shape index (κ2) is 6.37. The number of rotatable bonds is 2. The fraction of sp³-hybridized carbons (Fsp3) is 0.357. The third kappa shape index (κ3) is 3.76. The summed E-state index contributed by atoms with van der Waals surface area (Å²) in [5.41, 5.74) is 0.208. The van der Waals surface area contributed by atoms with Gasteiger partial charge in [0.15, 0.2) is 11.4 Å². The summed E-state index contributed by atoms with van der Waals surface area (Å²) in [7, 11) is 0. The molecular formula is C14H14BrClN2O5. The summed E-state index contributed by atoms with van der Waals surface area (Å²) in [6.07, 6.45) is -2.60. The average Bonchev–Trinajstić information content (AvgIpc) is 2.78. The SMILES string of the molecule is CC(C)(C)OC(=O)N(C(=O)O)c1noc2cc(CBr)c(Cl)cc12. The number of amides is 2. The molecule has 0 saturated heterocycles. The molecule has 0 bridgehead atoms. The standard InChI is InChI=1S/C14H14BrClN2O5/c1-14(2,3)22-13(21)18(12(19)20)11-8-5-9(16)7(6-15)4-10(8)23-17-11/h4-5H,6H2,1-3H3,(H,19,20). The highest BCUT2D eigenvalue weighted by Gasteiger charge is 2.32. The van der Waals surface area contributed by atoms with Crippen molar-refractivity contribution in [1.82, 2.24) is 5.16 Å². The summed E-state index contributed by atoms with van der Waals surface area (Å²) in [5.74, 6) is -0.190. The summed E-state index contributed by atoms with van der Waals surface area (Å²) < 4.78 is 10.2. The van der Waals surface area contributed by atoms with Crippen LogP contribution in [-0.4, -0.2) is 28.1 Å². The Bertz CT molecular complexity index is 768. The quantitative estimate of drug-likeness (QED) is 0.722. The molecular weight excluding hydrogens is 392 g/mol. The lowest BCUT2D eigenvalue weighted by Gasteiger charge is -2.23. The molecule has 0 aliphatic rings. The maximum Gasteiger partial charge on any atom is 0.425 e. The van der Waals surface area contributed by atoms with E-state index >= 15 is 0 Å². The number of carboxylic acid groups (broad SMARTS) is 1. The van der Waals surface area contributed by atoms with Crippen LogP contribution in [0.1, 0.15) is 26.3 Å². The van der Waals surface area contributed by atoms with Crippen molar-refractivity contribution in [1.29, 1.82) is 0 Å². The van der Waals surface area contributed by atoms with E-state index in [0.29, 0.717) is 26.2 Å². The summed E-state index contributed by atoms with van der Waals surface area (Å²) in [6, 6.07) is 3.12. The van der Waals surface area contributed by atoms with E-state index in [-0.39, 0.29) is 5.82 Å². The minimum Gasteiger partial charge on any atom is -0.464 e. The van der Waals surface area contributed by atoms with Gasteiger partial charge in [0.1, 0.15) is 5.60 Å². The van der Waals surface area contributed by atoms with Crippen LogP contribution in [0, 0.1) is 0 Å². The zero-order valence-corrected chi connectivity index (χ0v) is 14.9. The minimum atomic E-state index is -1.53. The number of fused-ring (bicyclic) bond motifs is 1. The molecule has 0 radical (unpaired) electrons. The molecule has 0 fully saturated rings. The van der Waals surface area contributed by atoms with Gasteiger partial charge in [-0.15, -0.1) is 0 Å². The van der Waals surface area contributed by atoms with Crippen LogP contribution in [0.25, 0.3) is 11.0 Å². The Balaban J connectivity index is 2.52. The van der Waals surface area contributed by atoms with Gasteiger partial charge in [-0.25, -0.2) is 9.59 Å². The van der Waals surface area contributed by atoms with E-state index in [4.69, 9.17) is 20.9 Å². The molecule has 0 spiro atoms. The highest BCUT2D eigenvalue weighted by atomic mass is 79.9. The van der Waals surface area contributed by atoms with Crippen molar-refractivity contribution in [3.63, 3.8) is 0 Å². The van der Waals surface area contributed by atoms with E-state index in [0.717, 1.165) is 5.56 Å². The molecule has 2 rings (SSSR count). The zero-order valence-electron chi connectivity index (χ0n) is 12.6. The maximum absolute atomic E-state index is 12.2. The van der Waals surface area contributed by atoms with Crippen LogP contribution in [0.2, 0.25) is 5.02 Å². The van der Waals surface area contributed by atoms with Gasteiger partial charge in [0.2, 0.25) is 0 Å². The third-order valence-electron chi connectivity index (χ3n) is 2.74. The van der Waals surface area contributed by atoms with Crippen LogP contribution in [0.15, 0.2) is 16.7 Å². The smallest absolute Gasteiger partial charge is 0.425 e. The normalized spacial score (nSPS) is 11.5. The first-order valence-electron chi connectivity index (χ1n) is 6.54. The van der Waals surface area contributed by atoms with Crippen molar-refractivity contribution in [2.45, 2.75) is 31.7 Å². The maximum atomic E-state index is 12.2. The number of ether oxygens (including phenoxy) is 1. The van der Waals surface area contributed by atoms with Gasteiger partial charge < -0.3 is 14.4 Å². The number of halogens is 2. The van der Waals surface area contributed by atoms with Crippen LogP contribution >= 0.6 is 27.5 Å². The van der Waals surface area contributed by atoms with Crippen LogP contribution in [0.3, 0.4) is 0 Å². The van der Waals surface area contributed by atoms with Crippen molar-refractivity contribution >= 4 is 56.5 Å². The van der Waals surface area contributed by atoms with Gasteiger partial charge in [0.25, 0.3) is 0 Å². The first kappa shape index (κ1) is 17.6. The molecule has 0 aliphatic heterocycles. The molecule has 0 aliphatic carbocycles. The molecule has 2 amide bonds. The third-order valence-corrected chi connectivity index (χ3v) is 3.70. The Morgan fingerprint density at radius 2 is 2.09 bits per heavy atom. The molecule has 1 aromatic heterocycles. The summed E-state index contributed by atoms with van der Waals surface area (Å²) in [5, 5.41) is 14.2. The number of hydrogen-bond acceptors (Lipinski definition) is 5. The number of imide groups is 1. The fourth-order valence-electron chi connectivity index (χ4n) is 1.81. The summed E-state index contributed by atoms with van der Waals surface area (Å²) in [4.78, 5) is 24.0. The van der Waals surface area contributed by atoms with Crippen molar-refractivity contribution in [2.24, 2.45) is 0 Å². The molecule has 1 aromatic carbocycles. The van der Waals surface area contributed by atoms with Crippen molar-refractivity contribution in [2.75, 3.05) is 4.90 Å². The van der Waals surface area contributed by atoms with Gasteiger partial charge in [0.05, 0.1) is 5.39 Å². The number of anilines is 1. The summed E-state index contributed by atoms with van der Waals surface area (Å²) in [6.45, 7) is 4.89. The van der Waals surface area contributed by atoms with Gasteiger partial charge in [-0.1, -0.05) is 32.7 Å².